The number of benzene rings is 1. The molecule has 1 aromatic rings. The number of nitrogens with two attached hydrogens (primary N) is 1. The zero-order valence-corrected chi connectivity index (χ0v) is 14.3. The number of carbonyl (C=O) groups is 3. The fourth-order valence-electron chi connectivity index (χ4n) is 2.64. The summed E-state index contributed by atoms with van der Waals surface area (Å²) in [6, 6.07) is 3.76. The molecule has 2 atom stereocenters. The molecule has 0 spiro atoms. The Morgan fingerprint density at radius 3 is 2.58 bits per heavy atom. The summed E-state index contributed by atoms with van der Waals surface area (Å²) in [6.45, 7) is 4.96. The maximum Gasteiger partial charge on any atom is 0.352 e. The molecule has 0 saturated heterocycles. The van der Waals surface area contributed by atoms with Gasteiger partial charge in [-0.05, 0) is 38.5 Å². The average Bonchev–Trinajstić information content (AvgIpc) is 2.44. The maximum absolute atomic E-state index is 12.5. The Labute approximate surface area is 144 Å². The Balaban J connectivity index is 2.58. The lowest BCUT2D eigenvalue weighted by molar-refractivity contribution is -0.151. The zero-order chi connectivity index (χ0) is 18.0. The van der Waals surface area contributed by atoms with Crippen LogP contribution in [0.25, 0.3) is 0 Å². The molecule has 0 bridgehead atoms. The van der Waals surface area contributed by atoms with E-state index in [9.17, 15) is 14.4 Å². The van der Waals surface area contributed by atoms with Gasteiger partial charge in [-0.2, -0.15) is 0 Å². The Morgan fingerprint density at radius 1 is 1.38 bits per heavy atom. The molecule has 1 aliphatic rings. The highest BCUT2D eigenvalue weighted by atomic mass is 35.5. The Morgan fingerprint density at radius 2 is 2.04 bits per heavy atom. The number of esters is 1. The van der Waals surface area contributed by atoms with Crippen LogP contribution in [0.5, 0.6) is 0 Å². The van der Waals surface area contributed by atoms with Crippen LogP contribution in [0.2, 0.25) is 5.02 Å². The van der Waals surface area contributed by atoms with Crippen molar-refractivity contribution < 1.29 is 19.1 Å². The lowest BCUT2D eigenvalue weighted by Gasteiger charge is -2.36. The smallest absolute Gasteiger partial charge is 0.352 e. The van der Waals surface area contributed by atoms with E-state index in [1.807, 2.05) is 0 Å². The normalized spacial score (nSPS) is 20.8. The molecular formula is C16H18ClN3O4. The second-order valence-corrected chi connectivity index (χ2v) is 6.14. The topological polar surface area (TPSA) is 102 Å². The van der Waals surface area contributed by atoms with Crippen molar-refractivity contribution in [2.75, 3.05) is 0 Å². The van der Waals surface area contributed by atoms with Gasteiger partial charge in [0.15, 0.2) is 0 Å². The monoisotopic (exact) mass is 351 g/mol. The van der Waals surface area contributed by atoms with Crippen molar-refractivity contribution in [2.45, 2.75) is 32.9 Å². The molecule has 0 radical (unpaired) electrons. The summed E-state index contributed by atoms with van der Waals surface area (Å²) in [4.78, 5) is 41.0. The van der Waals surface area contributed by atoms with E-state index in [2.05, 4.69) is 4.99 Å². The van der Waals surface area contributed by atoms with Gasteiger partial charge in [-0.3, -0.25) is 4.79 Å². The summed E-state index contributed by atoms with van der Waals surface area (Å²) in [7, 11) is 0. The van der Waals surface area contributed by atoms with Crippen molar-refractivity contribution in [3.8, 4) is 0 Å². The van der Waals surface area contributed by atoms with Gasteiger partial charge in [-0.25, -0.2) is 19.5 Å². The molecule has 1 unspecified atom stereocenters. The van der Waals surface area contributed by atoms with Crippen LogP contribution < -0.4 is 5.73 Å². The number of carbonyl (C=O) groups excluding carboxylic acids is 3. The van der Waals surface area contributed by atoms with E-state index in [4.69, 9.17) is 22.1 Å². The third-order valence-electron chi connectivity index (χ3n) is 3.56. The number of imide groups is 1. The van der Waals surface area contributed by atoms with Crippen LogP contribution in [0.15, 0.2) is 29.3 Å². The maximum atomic E-state index is 12.5. The number of urea groups is 2. The van der Waals surface area contributed by atoms with Crippen molar-refractivity contribution in [3.63, 3.8) is 0 Å². The quantitative estimate of drug-likeness (QED) is 0.845. The van der Waals surface area contributed by atoms with Crippen LogP contribution in [-0.4, -0.2) is 34.7 Å². The van der Waals surface area contributed by atoms with Gasteiger partial charge in [0.2, 0.25) is 0 Å². The van der Waals surface area contributed by atoms with Gasteiger partial charge in [0.1, 0.15) is 5.92 Å². The molecule has 0 saturated carbocycles. The van der Waals surface area contributed by atoms with Gasteiger partial charge in [0.05, 0.1) is 12.1 Å². The summed E-state index contributed by atoms with van der Waals surface area (Å²) < 4.78 is 5.26. The second kappa shape index (κ2) is 7.00. The van der Waals surface area contributed by atoms with Crippen LogP contribution in [-0.2, 0) is 9.53 Å². The van der Waals surface area contributed by atoms with Crippen molar-refractivity contribution in [3.05, 3.63) is 34.9 Å². The summed E-state index contributed by atoms with van der Waals surface area (Å²) in [6.07, 6.45) is -0.357. The first-order valence-electron chi connectivity index (χ1n) is 7.36. The van der Waals surface area contributed by atoms with Gasteiger partial charge in [-0.1, -0.05) is 23.7 Å². The molecule has 24 heavy (non-hydrogen) atoms. The van der Waals surface area contributed by atoms with Crippen LogP contribution in [0.1, 0.15) is 32.4 Å². The van der Waals surface area contributed by atoms with E-state index < -0.39 is 30.0 Å². The lowest BCUT2D eigenvalue weighted by Crippen LogP contribution is -2.51. The van der Waals surface area contributed by atoms with Gasteiger partial charge in [0.25, 0.3) is 0 Å². The zero-order valence-electron chi connectivity index (χ0n) is 13.5. The lowest BCUT2D eigenvalue weighted by atomic mass is 9.87. The number of aliphatic imine (C=N–C) groups is 1. The van der Waals surface area contributed by atoms with E-state index in [1.165, 1.54) is 0 Å². The molecule has 0 aromatic heterocycles. The second-order valence-electron chi connectivity index (χ2n) is 5.71. The standard InChI is InChI=1S/C16H18ClN3O4/c1-8(2)24-14(21)12-9(3)19-16(23)20(15(18)22)13(12)10-5-4-6-11(17)7-10/h4-8,12-13H,1-3H3,(H2,18,22)/t12?,13-/m1/s1. The van der Waals surface area contributed by atoms with E-state index in [1.54, 1.807) is 45.0 Å². The fraction of sp³-hybridized carbons (Fsp3) is 0.375. The minimum absolute atomic E-state index is 0.258. The summed E-state index contributed by atoms with van der Waals surface area (Å²) in [5.41, 5.74) is 6.10. The van der Waals surface area contributed by atoms with Gasteiger partial charge >= 0.3 is 18.0 Å². The molecule has 1 heterocycles. The Bertz CT molecular complexity index is 717. The van der Waals surface area contributed by atoms with E-state index in [0.29, 0.717) is 10.6 Å². The van der Waals surface area contributed by atoms with Crippen molar-refractivity contribution in [2.24, 2.45) is 16.6 Å². The molecule has 0 fully saturated rings. The minimum atomic E-state index is -0.997. The predicted octanol–water partition coefficient (Wildman–Crippen LogP) is 2.92. The van der Waals surface area contributed by atoms with Crippen LogP contribution >= 0.6 is 11.6 Å². The van der Waals surface area contributed by atoms with Gasteiger partial charge in [0, 0.05) is 10.7 Å². The molecule has 2 N–H and O–H groups in total. The first kappa shape index (κ1) is 17.9. The Kier molecular flexibility index (Phi) is 5.23. The highest BCUT2D eigenvalue weighted by Gasteiger charge is 2.45. The number of hydrogen-bond acceptors (Lipinski definition) is 4. The SMILES string of the molecule is CC1=NC(=O)N(C(N)=O)[C@H](c2cccc(Cl)c2)C1C(=O)OC(C)C. The molecule has 128 valence electrons. The molecule has 0 aliphatic carbocycles. The number of nitrogens with zero attached hydrogens (tertiary/aromatic N) is 2. The van der Waals surface area contributed by atoms with Gasteiger partial charge < -0.3 is 10.5 Å². The molecule has 2 rings (SSSR count). The first-order valence-corrected chi connectivity index (χ1v) is 7.74. The number of primary amides is 1. The average molecular weight is 352 g/mol. The summed E-state index contributed by atoms with van der Waals surface area (Å²) >= 11 is 6.01. The predicted molar refractivity (Wildman–Crippen MR) is 88.8 cm³/mol. The molecule has 8 heteroatoms. The van der Waals surface area contributed by atoms with Crippen LogP contribution in [0.3, 0.4) is 0 Å². The van der Waals surface area contributed by atoms with E-state index >= 15 is 0 Å². The van der Waals surface area contributed by atoms with Crippen molar-refractivity contribution >= 4 is 35.3 Å². The number of hydrogen-bond donors (Lipinski definition) is 1. The molecule has 1 aliphatic heterocycles. The number of ether oxygens (including phenoxy) is 1. The number of amides is 4. The van der Waals surface area contributed by atoms with Crippen molar-refractivity contribution in [1.29, 1.82) is 0 Å². The Hall–Kier alpha value is -2.41. The number of halogens is 1. The summed E-state index contributed by atoms with van der Waals surface area (Å²) in [5.74, 6) is -1.54. The molecule has 1 aromatic carbocycles. The van der Waals surface area contributed by atoms with E-state index in [0.717, 1.165) is 4.90 Å². The third-order valence-corrected chi connectivity index (χ3v) is 3.79. The van der Waals surface area contributed by atoms with E-state index in [-0.39, 0.29) is 11.8 Å². The fourth-order valence-corrected chi connectivity index (χ4v) is 2.84. The van der Waals surface area contributed by atoms with Gasteiger partial charge in [-0.15, -0.1) is 0 Å². The number of rotatable bonds is 3. The molecule has 7 nitrogen and oxygen atoms in total. The van der Waals surface area contributed by atoms with Crippen LogP contribution in [0, 0.1) is 5.92 Å². The van der Waals surface area contributed by atoms with Crippen molar-refractivity contribution in [1.82, 2.24) is 4.90 Å². The highest BCUT2D eigenvalue weighted by molar-refractivity contribution is 6.30. The first-order chi connectivity index (χ1) is 11.2. The largest absolute Gasteiger partial charge is 0.462 e. The summed E-state index contributed by atoms with van der Waals surface area (Å²) in [5, 5.41) is 0.403. The van der Waals surface area contributed by atoms with Crippen LogP contribution in [0.4, 0.5) is 9.59 Å². The highest BCUT2D eigenvalue weighted by Crippen LogP contribution is 2.35. The molecular weight excluding hydrogens is 334 g/mol. The minimum Gasteiger partial charge on any atom is -0.462 e. The molecule has 4 amide bonds. The third kappa shape index (κ3) is 3.56.